The fraction of sp³-hybridized carbons (Fsp3) is 0.769. The minimum atomic E-state index is 0. The van der Waals surface area contributed by atoms with Gasteiger partial charge in [0.05, 0.1) is 12.0 Å². The van der Waals surface area contributed by atoms with Crippen molar-refractivity contribution in [3.63, 3.8) is 0 Å². The number of aryl methyl sites for hydroxylation is 1. The van der Waals surface area contributed by atoms with Gasteiger partial charge in [0, 0.05) is 58.6 Å². The summed E-state index contributed by atoms with van der Waals surface area (Å²) in [5.41, 5.74) is 1.31. The number of aromatic nitrogens is 2. The van der Waals surface area contributed by atoms with Gasteiger partial charge in [-0.2, -0.15) is 0 Å². The molecule has 108 valence electrons. The van der Waals surface area contributed by atoms with Crippen LogP contribution in [0.2, 0.25) is 0 Å². The van der Waals surface area contributed by atoms with Gasteiger partial charge in [0.2, 0.25) is 0 Å². The van der Waals surface area contributed by atoms with Crippen LogP contribution in [0.1, 0.15) is 12.1 Å². The van der Waals surface area contributed by atoms with E-state index in [-0.39, 0.29) is 12.4 Å². The van der Waals surface area contributed by atoms with Crippen LogP contribution in [0.4, 0.5) is 0 Å². The molecule has 0 saturated carbocycles. The van der Waals surface area contributed by atoms with Gasteiger partial charge in [-0.1, -0.05) is 0 Å². The molecular weight excluding hydrogens is 262 g/mol. The molecule has 1 unspecified atom stereocenters. The van der Waals surface area contributed by atoms with Gasteiger partial charge in [-0.15, -0.1) is 12.4 Å². The fourth-order valence-corrected chi connectivity index (χ4v) is 3.00. The number of piperazine rings is 1. The molecule has 0 bridgehead atoms. The number of halogens is 1. The molecule has 0 amide bonds. The van der Waals surface area contributed by atoms with E-state index in [9.17, 15) is 0 Å². The molecule has 0 aliphatic carbocycles. The highest BCUT2D eigenvalue weighted by Gasteiger charge is 2.26. The van der Waals surface area contributed by atoms with E-state index < -0.39 is 0 Å². The van der Waals surface area contributed by atoms with Gasteiger partial charge in [-0.3, -0.25) is 9.80 Å². The Labute approximate surface area is 121 Å². The van der Waals surface area contributed by atoms with E-state index in [1.807, 2.05) is 12.5 Å². The minimum Gasteiger partial charge on any atom is -0.337 e. The molecule has 6 heteroatoms. The number of rotatable bonds is 3. The molecule has 3 rings (SSSR count). The largest absolute Gasteiger partial charge is 0.337 e. The molecule has 2 saturated heterocycles. The first kappa shape index (κ1) is 14.8. The van der Waals surface area contributed by atoms with Gasteiger partial charge in [0.25, 0.3) is 0 Å². The highest BCUT2D eigenvalue weighted by atomic mass is 35.5. The summed E-state index contributed by atoms with van der Waals surface area (Å²) in [4.78, 5) is 9.37. The summed E-state index contributed by atoms with van der Waals surface area (Å²) < 4.78 is 2.12. The Balaban J connectivity index is 0.00000133. The molecule has 2 aliphatic heterocycles. The molecular formula is C13H24ClN5. The summed E-state index contributed by atoms with van der Waals surface area (Å²) in [6.07, 6.45) is 5.19. The van der Waals surface area contributed by atoms with Gasteiger partial charge >= 0.3 is 0 Å². The van der Waals surface area contributed by atoms with E-state index >= 15 is 0 Å². The lowest BCUT2D eigenvalue weighted by Gasteiger charge is -2.37. The third-order valence-corrected chi connectivity index (χ3v) is 4.26. The van der Waals surface area contributed by atoms with Gasteiger partial charge in [0.1, 0.15) is 0 Å². The molecule has 2 aliphatic rings. The zero-order valence-corrected chi connectivity index (χ0v) is 12.4. The third-order valence-electron chi connectivity index (χ3n) is 4.26. The summed E-state index contributed by atoms with van der Waals surface area (Å²) in [5, 5.41) is 3.46. The number of nitrogens with one attached hydrogen (secondary N) is 1. The van der Waals surface area contributed by atoms with Crippen molar-refractivity contribution >= 4 is 12.4 Å². The Morgan fingerprint density at radius 3 is 2.68 bits per heavy atom. The van der Waals surface area contributed by atoms with E-state index in [2.05, 4.69) is 31.7 Å². The second-order valence-corrected chi connectivity index (χ2v) is 5.45. The second kappa shape index (κ2) is 6.70. The summed E-state index contributed by atoms with van der Waals surface area (Å²) in [6.45, 7) is 8.20. The van der Waals surface area contributed by atoms with Gasteiger partial charge in [-0.25, -0.2) is 4.98 Å². The van der Waals surface area contributed by atoms with Crippen LogP contribution in [0.15, 0.2) is 12.5 Å². The summed E-state index contributed by atoms with van der Waals surface area (Å²) in [7, 11) is 2.07. The van der Waals surface area contributed by atoms with Crippen molar-refractivity contribution in [1.82, 2.24) is 24.7 Å². The highest BCUT2D eigenvalue weighted by Crippen LogP contribution is 2.13. The topological polar surface area (TPSA) is 36.3 Å². The van der Waals surface area contributed by atoms with Crippen LogP contribution in [-0.2, 0) is 13.6 Å². The smallest absolute Gasteiger partial charge is 0.0945 e. The lowest BCUT2D eigenvalue weighted by Crippen LogP contribution is -2.50. The Kier molecular flexibility index (Phi) is 5.21. The van der Waals surface area contributed by atoms with Crippen LogP contribution in [-0.4, -0.2) is 64.7 Å². The van der Waals surface area contributed by atoms with Gasteiger partial charge < -0.3 is 9.88 Å². The number of hydrogen-bond acceptors (Lipinski definition) is 4. The molecule has 3 heterocycles. The van der Waals surface area contributed by atoms with Gasteiger partial charge in [-0.05, 0) is 13.0 Å². The second-order valence-electron chi connectivity index (χ2n) is 5.45. The molecule has 1 aromatic heterocycles. The first-order valence-electron chi connectivity index (χ1n) is 6.95. The Morgan fingerprint density at radius 2 is 2.11 bits per heavy atom. The number of hydrogen-bond donors (Lipinski definition) is 1. The van der Waals surface area contributed by atoms with Gasteiger partial charge in [0.15, 0.2) is 0 Å². The molecule has 0 spiro atoms. The Morgan fingerprint density at radius 1 is 1.32 bits per heavy atom. The van der Waals surface area contributed by atoms with Crippen LogP contribution >= 0.6 is 12.4 Å². The number of nitrogens with zero attached hydrogens (tertiary/aromatic N) is 4. The lowest BCUT2D eigenvalue weighted by atomic mass is 10.2. The fourth-order valence-electron chi connectivity index (χ4n) is 3.00. The van der Waals surface area contributed by atoms with Crippen LogP contribution < -0.4 is 5.32 Å². The van der Waals surface area contributed by atoms with E-state index in [0.29, 0.717) is 0 Å². The zero-order valence-electron chi connectivity index (χ0n) is 11.6. The maximum atomic E-state index is 4.18. The lowest BCUT2D eigenvalue weighted by molar-refractivity contribution is 0.0968. The van der Waals surface area contributed by atoms with Crippen LogP contribution in [0.3, 0.4) is 0 Å². The maximum absolute atomic E-state index is 4.18. The molecule has 2 fully saturated rings. The van der Waals surface area contributed by atoms with Crippen molar-refractivity contribution in [2.75, 3.05) is 39.3 Å². The molecule has 1 N–H and O–H groups in total. The molecule has 1 aromatic rings. The molecule has 0 radical (unpaired) electrons. The van der Waals surface area contributed by atoms with E-state index in [1.54, 1.807) is 0 Å². The quantitative estimate of drug-likeness (QED) is 0.868. The highest BCUT2D eigenvalue weighted by molar-refractivity contribution is 5.85. The van der Waals surface area contributed by atoms with Crippen molar-refractivity contribution in [2.24, 2.45) is 7.05 Å². The first-order chi connectivity index (χ1) is 8.83. The average molecular weight is 286 g/mol. The molecule has 1 atom stereocenters. The normalized spacial score (nSPS) is 25.4. The van der Waals surface area contributed by atoms with Crippen molar-refractivity contribution in [2.45, 2.75) is 19.0 Å². The summed E-state index contributed by atoms with van der Waals surface area (Å²) >= 11 is 0. The SMILES string of the molecule is Cl.Cn1cncc1CN1CCN(C2CCNC2)CC1. The van der Waals surface area contributed by atoms with Crippen molar-refractivity contribution in [3.05, 3.63) is 18.2 Å². The van der Waals surface area contributed by atoms with Crippen molar-refractivity contribution in [1.29, 1.82) is 0 Å². The average Bonchev–Trinajstić information content (AvgIpc) is 3.03. The zero-order chi connectivity index (χ0) is 12.4. The Hall–Kier alpha value is -0.620. The predicted octanol–water partition coefficient (Wildman–Crippen LogP) is 0.321. The van der Waals surface area contributed by atoms with Crippen LogP contribution in [0.25, 0.3) is 0 Å². The van der Waals surface area contributed by atoms with Crippen molar-refractivity contribution in [3.8, 4) is 0 Å². The number of imidazole rings is 1. The van der Waals surface area contributed by atoms with Crippen molar-refractivity contribution < 1.29 is 0 Å². The monoisotopic (exact) mass is 285 g/mol. The molecule has 19 heavy (non-hydrogen) atoms. The molecule has 0 aromatic carbocycles. The van der Waals surface area contributed by atoms with Crippen LogP contribution in [0.5, 0.6) is 0 Å². The summed E-state index contributed by atoms with van der Waals surface area (Å²) in [5.74, 6) is 0. The predicted molar refractivity (Wildman–Crippen MR) is 78.6 cm³/mol. The minimum absolute atomic E-state index is 0. The third kappa shape index (κ3) is 3.48. The van der Waals surface area contributed by atoms with E-state index in [0.717, 1.165) is 12.6 Å². The Bertz CT molecular complexity index is 380. The van der Waals surface area contributed by atoms with Crippen LogP contribution in [0, 0.1) is 0 Å². The maximum Gasteiger partial charge on any atom is 0.0945 e. The first-order valence-corrected chi connectivity index (χ1v) is 6.95. The van der Waals surface area contributed by atoms with E-state index in [1.165, 1.54) is 51.4 Å². The molecule has 5 nitrogen and oxygen atoms in total. The standard InChI is InChI=1S/C13H23N5.ClH/c1-16-11-15-9-13(16)10-17-4-6-18(7-5-17)12-2-3-14-8-12;/h9,11-12,14H,2-8,10H2,1H3;1H. The summed E-state index contributed by atoms with van der Waals surface area (Å²) in [6, 6.07) is 0.781. The van der Waals surface area contributed by atoms with E-state index in [4.69, 9.17) is 0 Å².